The largest absolute Gasteiger partial charge is 1.00 e. The summed E-state index contributed by atoms with van der Waals surface area (Å²) in [4.78, 5) is 0.403. The van der Waals surface area contributed by atoms with E-state index in [1.165, 1.54) is 56.9 Å². The molecule has 0 aliphatic carbocycles. The van der Waals surface area contributed by atoms with Crippen LogP contribution >= 0.6 is 0 Å². The van der Waals surface area contributed by atoms with Crippen molar-refractivity contribution in [3.63, 3.8) is 0 Å². The molecular formula is C20H27NaO2S. The van der Waals surface area contributed by atoms with Gasteiger partial charge in [-0.05, 0) is 46.3 Å². The van der Waals surface area contributed by atoms with E-state index in [2.05, 4.69) is 13.0 Å². The van der Waals surface area contributed by atoms with Crippen LogP contribution in [0.1, 0.15) is 63.9 Å². The van der Waals surface area contributed by atoms with Gasteiger partial charge in [-0.3, -0.25) is 4.21 Å². The van der Waals surface area contributed by atoms with Crippen LogP contribution in [0.3, 0.4) is 0 Å². The zero-order valence-electron chi connectivity index (χ0n) is 15.1. The molecule has 0 spiro atoms. The Morgan fingerprint density at radius 1 is 0.833 bits per heavy atom. The number of rotatable bonds is 10. The van der Waals surface area contributed by atoms with E-state index in [0.717, 1.165) is 17.2 Å². The maximum Gasteiger partial charge on any atom is 1.00 e. The first-order valence-electron chi connectivity index (χ1n) is 8.84. The van der Waals surface area contributed by atoms with E-state index in [0.29, 0.717) is 4.90 Å². The topological polar surface area (TPSA) is 40.1 Å². The minimum Gasteiger partial charge on any atom is -0.768 e. The number of aryl methyl sites for hydroxylation is 1. The van der Waals surface area contributed by atoms with Crippen LogP contribution in [-0.4, -0.2) is 8.76 Å². The van der Waals surface area contributed by atoms with Crippen LogP contribution in [-0.2, 0) is 17.5 Å². The van der Waals surface area contributed by atoms with Gasteiger partial charge in [0.15, 0.2) is 0 Å². The molecule has 0 aliphatic heterocycles. The first-order valence-corrected chi connectivity index (χ1v) is 9.91. The summed E-state index contributed by atoms with van der Waals surface area (Å²) >= 11 is -2.17. The van der Waals surface area contributed by atoms with E-state index in [1.54, 1.807) is 6.07 Å². The Hall–Kier alpha value is -0.190. The van der Waals surface area contributed by atoms with Crippen LogP contribution in [0, 0.1) is 0 Å². The molecule has 126 valence electrons. The number of fused-ring (bicyclic) bond motifs is 1. The van der Waals surface area contributed by atoms with E-state index in [4.69, 9.17) is 0 Å². The Morgan fingerprint density at radius 3 is 2.08 bits per heavy atom. The van der Waals surface area contributed by atoms with Crippen molar-refractivity contribution in [3.8, 4) is 0 Å². The first kappa shape index (κ1) is 21.9. The zero-order chi connectivity index (χ0) is 16.5. The molecule has 0 saturated heterocycles. The molecule has 4 heteroatoms. The second-order valence-corrected chi connectivity index (χ2v) is 7.14. The molecule has 2 nitrogen and oxygen atoms in total. The molecule has 2 aromatic carbocycles. The monoisotopic (exact) mass is 354 g/mol. The first-order chi connectivity index (χ1) is 11.2. The normalized spacial score (nSPS) is 12.1. The van der Waals surface area contributed by atoms with Crippen LogP contribution in [0.15, 0.2) is 41.3 Å². The summed E-state index contributed by atoms with van der Waals surface area (Å²) in [7, 11) is 0. The molecule has 1 atom stereocenters. The minimum atomic E-state index is -2.17. The van der Waals surface area contributed by atoms with Gasteiger partial charge in [0.25, 0.3) is 0 Å². The van der Waals surface area contributed by atoms with Gasteiger partial charge < -0.3 is 4.55 Å². The van der Waals surface area contributed by atoms with E-state index in [-0.39, 0.29) is 29.6 Å². The van der Waals surface area contributed by atoms with E-state index < -0.39 is 11.1 Å². The third-order valence-corrected chi connectivity index (χ3v) is 5.17. The van der Waals surface area contributed by atoms with Gasteiger partial charge >= 0.3 is 29.6 Å². The average Bonchev–Trinajstić information content (AvgIpc) is 2.56. The molecule has 0 aromatic heterocycles. The van der Waals surface area contributed by atoms with Gasteiger partial charge in [0.1, 0.15) is 0 Å². The SMILES string of the molecule is CCCCCCCCCCc1cccc2c(S(=O)[O-])cccc12.[Na+]. The second kappa shape index (κ2) is 12.2. The van der Waals surface area contributed by atoms with E-state index in [1.807, 2.05) is 24.3 Å². The van der Waals surface area contributed by atoms with Crippen LogP contribution in [0.25, 0.3) is 10.8 Å². The molecule has 2 rings (SSSR count). The summed E-state index contributed by atoms with van der Waals surface area (Å²) in [6, 6.07) is 11.5. The van der Waals surface area contributed by atoms with Crippen molar-refractivity contribution >= 4 is 21.9 Å². The Balaban J connectivity index is 0.00000288. The van der Waals surface area contributed by atoms with Crippen LogP contribution in [0.5, 0.6) is 0 Å². The summed E-state index contributed by atoms with van der Waals surface area (Å²) in [5.41, 5.74) is 1.26. The molecular weight excluding hydrogens is 327 g/mol. The van der Waals surface area contributed by atoms with Gasteiger partial charge in [-0.25, -0.2) is 0 Å². The summed E-state index contributed by atoms with van der Waals surface area (Å²) in [5, 5.41) is 1.93. The average molecular weight is 354 g/mol. The third kappa shape index (κ3) is 6.61. The summed E-state index contributed by atoms with van der Waals surface area (Å²) in [6.07, 6.45) is 11.5. The zero-order valence-corrected chi connectivity index (χ0v) is 17.9. The molecule has 0 aliphatic rings. The predicted octanol–water partition coefficient (Wildman–Crippen LogP) is 2.77. The van der Waals surface area contributed by atoms with Crippen molar-refractivity contribution in [1.82, 2.24) is 0 Å². The standard InChI is InChI=1S/C20H28O2S.Na/c1-2-3-4-5-6-7-8-9-12-17-13-10-15-19-18(17)14-11-16-20(19)23(21)22;/h10-11,13-16H,2-9,12H2,1H3,(H,21,22);/q;+1/p-1. The fourth-order valence-electron chi connectivity index (χ4n) is 3.16. The molecule has 2 aromatic rings. The predicted molar refractivity (Wildman–Crippen MR) is 97.4 cm³/mol. The third-order valence-electron chi connectivity index (χ3n) is 4.45. The molecule has 0 fully saturated rings. The van der Waals surface area contributed by atoms with E-state index in [9.17, 15) is 8.76 Å². The minimum absolute atomic E-state index is 0. The van der Waals surface area contributed by atoms with Gasteiger partial charge in [0, 0.05) is 4.90 Å². The summed E-state index contributed by atoms with van der Waals surface area (Å²) < 4.78 is 22.7. The van der Waals surface area contributed by atoms with Gasteiger partial charge in [-0.2, -0.15) is 0 Å². The fraction of sp³-hybridized carbons (Fsp3) is 0.500. The summed E-state index contributed by atoms with van der Waals surface area (Å²) in [5.74, 6) is 0. The van der Waals surface area contributed by atoms with Gasteiger partial charge in [0.2, 0.25) is 0 Å². The van der Waals surface area contributed by atoms with Crippen molar-refractivity contribution in [1.29, 1.82) is 0 Å². The fourth-order valence-corrected chi connectivity index (χ4v) is 3.71. The van der Waals surface area contributed by atoms with Gasteiger partial charge in [-0.1, -0.05) is 82.2 Å². The number of hydrogen-bond acceptors (Lipinski definition) is 2. The maximum absolute atomic E-state index is 11.3. The second-order valence-electron chi connectivity index (χ2n) is 6.23. The Labute approximate surface area is 171 Å². The number of unbranched alkanes of at least 4 members (excludes halogenated alkanes) is 7. The van der Waals surface area contributed by atoms with Crippen LogP contribution in [0.4, 0.5) is 0 Å². The van der Waals surface area contributed by atoms with E-state index >= 15 is 0 Å². The Kier molecular flexibility index (Phi) is 11.1. The molecule has 0 saturated carbocycles. The van der Waals surface area contributed by atoms with Gasteiger partial charge in [-0.15, -0.1) is 0 Å². The van der Waals surface area contributed by atoms with Crippen LogP contribution < -0.4 is 29.6 Å². The molecule has 24 heavy (non-hydrogen) atoms. The number of benzene rings is 2. The Bertz CT molecular complexity index is 643. The molecule has 0 N–H and O–H groups in total. The summed E-state index contributed by atoms with van der Waals surface area (Å²) in [6.45, 7) is 2.25. The molecule has 0 amide bonds. The van der Waals surface area contributed by atoms with Crippen LogP contribution in [0.2, 0.25) is 0 Å². The van der Waals surface area contributed by atoms with Crippen molar-refractivity contribution in [2.24, 2.45) is 0 Å². The van der Waals surface area contributed by atoms with Crippen molar-refractivity contribution in [3.05, 3.63) is 42.0 Å². The smallest absolute Gasteiger partial charge is 0.768 e. The maximum atomic E-state index is 11.3. The van der Waals surface area contributed by atoms with Crippen molar-refractivity contribution < 1.29 is 38.3 Å². The van der Waals surface area contributed by atoms with Crippen molar-refractivity contribution in [2.75, 3.05) is 0 Å². The molecule has 1 unspecified atom stereocenters. The quantitative estimate of drug-likeness (QED) is 0.374. The van der Waals surface area contributed by atoms with Gasteiger partial charge in [0.05, 0.1) is 0 Å². The number of hydrogen-bond donors (Lipinski definition) is 0. The molecule has 0 radical (unpaired) electrons. The van der Waals surface area contributed by atoms with Crippen molar-refractivity contribution in [2.45, 2.75) is 69.6 Å². The Morgan fingerprint density at radius 2 is 1.42 bits per heavy atom. The molecule has 0 bridgehead atoms. The molecule has 0 heterocycles.